The standard InChI is InChI=1S/C23H28N2O2/c1-12(2)20-14(5)24-27-23(20)19-11-18(19)16-7-9-17(10-8-16)22-21(13(3)4)15(6)26-25-22/h7-10,12-13,18-19H,11H2,1-6H3. The molecule has 0 radical (unpaired) electrons. The lowest BCUT2D eigenvalue weighted by atomic mass is 9.95. The van der Waals surface area contributed by atoms with E-state index in [4.69, 9.17) is 9.05 Å². The summed E-state index contributed by atoms with van der Waals surface area (Å²) in [5, 5.41) is 8.51. The van der Waals surface area contributed by atoms with E-state index in [0.29, 0.717) is 23.7 Å². The molecule has 0 amide bonds. The fourth-order valence-corrected chi connectivity index (χ4v) is 4.37. The number of aryl methyl sites for hydroxylation is 2. The van der Waals surface area contributed by atoms with Gasteiger partial charge in [-0.3, -0.25) is 0 Å². The van der Waals surface area contributed by atoms with E-state index in [1.165, 1.54) is 16.7 Å². The fourth-order valence-electron chi connectivity index (χ4n) is 4.37. The summed E-state index contributed by atoms with van der Waals surface area (Å²) in [6, 6.07) is 8.80. The van der Waals surface area contributed by atoms with Gasteiger partial charge in [0.15, 0.2) is 0 Å². The van der Waals surface area contributed by atoms with Crippen LogP contribution in [-0.2, 0) is 0 Å². The molecule has 1 aliphatic carbocycles. The second-order valence-corrected chi connectivity index (χ2v) is 8.43. The highest BCUT2D eigenvalue weighted by Gasteiger charge is 2.44. The van der Waals surface area contributed by atoms with Gasteiger partial charge in [0, 0.05) is 22.6 Å². The minimum Gasteiger partial charge on any atom is -0.361 e. The molecule has 1 fully saturated rings. The Hall–Kier alpha value is -2.36. The van der Waals surface area contributed by atoms with Crippen molar-refractivity contribution in [1.29, 1.82) is 0 Å². The van der Waals surface area contributed by atoms with Crippen LogP contribution in [0.4, 0.5) is 0 Å². The number of nitrogens with zero attached hydrogens (tertiary/aromatic N) is 2. The first-order valence-electron chi connectivity index (χ1n) is 9.91. The van der Waals surface area contributed by atoms with Crippen LogP contribution in [0.2, 0.25) is 0 Å². The molecular formula is C23H28N2O2. The highest BCUT2D eigenvalue weighted by atomic mass is 16.5. The van der Waals surface area contributed by atoms with Gasteiger partial charge in [-0.05, 0) is 43.6 Å². The lowest BCUT2D eigenvalue weighted by molar-refractivity contribution is 0.377. The van der Waals surface area contributed by atoms with Crippen molar-refractivity contribution in [2.24, 2.45) is 0 Å². The van der Waals surface area contributed by atoms with Gasteiger partial charge in [-0.2, -0.15) is 0 Å². The molecular weight excluding hydrogens is 336 g/mol. The summed E-state index contributed by atoms with van der Waals surface area (Å²) < 4.78 is 11.1. The van der Waals surface area contributed by atoms with Crippen molar-refractivity contribution in [3.05, 3.63) is 58.2 Å². The highest BCUT2D eigenvalue weighted by Crippen LogP contribution is 2.56. The normalized spacial score (nSPS) is 19.3. The Morgan fingerprint density at radius 2 is 1.52 bits per heavy atom. The fraction of sp³-hybridized carbons (Fsp3) is 0.478. The summed E-state index contributed by atoms with van der Waals surface area (Å²) in [4.78, 5) is 0. The van der Waals surface area contributed by atoms with Crippen LogP contribution < -0.4 is 0 Å². The average Bonchev–Trinajstić information content (AvgIpc) is 3.17. The number of hydrogen-bond acceptors (Lipinski definition) is 4. The molecule has 142 valence electrons. The van der Waals surface area contributed by atoms with Crippen molar-refractivity contribution < 1.29 is 9.05 Å². The van der Waals surface area contributed by atoms with E-state index in [2.05, 4.69) is 62.3 Å². The van der Waals surface area contributed by atoms with Crippen LogP contribution in [0.1, 0.15) is 91.7 Å². The predicted octanol–water partition coefficient (Wildman–Crippen LogP) is 6.46. The van der Waals surface area contributed by atoms with Crippen LogP contribution in [0.25, 0.3) is 11.3 Å². The van der Waals surface area contributed by atoms with Crippen molar-refractivity contribution in [3.63, 3.8) is 0 Å². The van der Waals surface area contributed by atoms with Crippen LogP contribution in [0.3, 0.4) is 0 Å². The van der Waals surface area contributed by atoms with Gasteiger partial charge in [0.25, 0.3) is 0 Å². The van der Waals surface area contributed by atoms with Gasteiger partial charge in [0.2, 0.25) is 0 Å². The largest absolute Gasteiger partial charge is 0.361 e. The summed E-state index contributed by atoms with van der Waals surface area (Å²) in [5.74, 6) is 3.81. The topological polar surface area (TPSA) is 52.1 Å². The van der Waals surface area contributed by atoms with E-state index < -0.39 is 0 Å². The van der Waals surface area contributed by atoms with Gasteiger partial charge in [-0.25, -0.2) is 0 Å². The van der Waals surface area contributed by atoms with Gasteiger partial charge in [0.1, 0.15) is 17.2 Å². The monoisotopic (exact) mass is 364 g/mol. The summed E-state index contributed by atoms with van der Waals surface area (Å²) in [7, 11) is 0. The van der Waals surface area contributed by atoms with Crippen LogP contribution in [0.15, 0.2) is 33.3 Å². The molecule has 0 spiro atoms. The summed E-state index contributed by atoms with van der Waals surface area (Å²) in [6.45, 7) is 12.8. The first-order valence-corrected chi connectivity index (χ1v) is 9.91. The van der Waals surface area contributed by atoms with Crippen molar-refractivity contribution in [2.75, 3.05) is 0 Å². The van der Waals surface area contributed by atoms with Gasteiger partial charge < -0.3 is 9.05 Å². The van der Waals surface area contributed by atoms with E-state index in [-0.39, 0.29) is 0 Å². The van der Waals surface area contributed by atoms with Crippen LogP contribution >= 0.6 is 0 Å². The zero-order valence-corrected chi connectivity index (χ0v) is 17.0. The Labute approximate surface area is 160 Å². The molecule has 27 heavy (non-hydrogen) atoms. The molecule has 0 aliphatic heterocycles. The van der Waals surface area contributed by atoms with E-state index in [0.717, 1.165) is 34.9 Å². The van der Waals surface area contributed by atoms with E-state index in [9.17, 15) is 0 Å². The Morgan fingerprint density at radius 1 is 0.852 bits per heavy atom. The van der Waals surface area contributed by atoms with Crippen molar-refractivity contribution in [1.82, 2.24) is 10.3 Å². The molecule has 4 nitrogen and oxygen atoms in total. The van der Waals surface area contributed by atoms with E-state index >= 15 is 0 Å². The molecule has 1 saturated carbocycles. The van der Waals surface area contributed by atoms with E-state index in [1.807, 2.05) is 13.8 Å². The maximum Gasteiger partial charge on any atom is 0.144 e. The second kappa shape index (κ2) is 6.66. The third-order valence-electron chi connectivity index (χ3n) is 5.74. The Bertz CT molecular complexity index is 947. The second-order valence-electron chi connectivity index (χ2n) is 8.43. The minimum absolute atomic E-state index is 0.392. The molecule has 2 unspecified atom stereocenters. The maximum atomic E-state index is 5.70. The average molecular weight is 364 g/mol. The molecule has 3 aromatic rings. The van der Waals surface area contributed by atoms with E-state index in [1.54, 1.807) is 0 Å². The molecule has 4 rings (SSSR count). The van der Waals surface area contributed by atoms with Crippen LogP contribution in [0.5, 0.6) is 0 Å². The lowest BCUT2D eigenvalue weighted by Gasteiger charge is -2.07. The molecule has 1 aliphatic rings. The molecule has 0 N–H and O–H groups in total. The summed E-state index contributed by atoms with van der Waals surface area (Å²) in [5.41, 5.74) is 6.97. The summed E-state index contributed by atoms with van der Waals surface area (Å²) in [6.07, 6.45) is 1.13. The van der Waals surface area contributed by atoms with Crippen molar-refractivity contribution >= 4 is 0 Å². The van der Waals surface area contributed by atoms with Crippen LogP contribution in [0, 0.1) is 13.8 Å². The maximum absolute atomic E-state index is 5.70. The highest BCUT2D eigenvalue weighted by molar-refractivity contribution is 5.64. The third-order valence-corrected chi connectivity index (χ3v) is 5.74. The van der Waals surface area contributed by atoms with Crippen molar-refractivity contribution in [3.8, 4) is 11.3 Å². The summed E-state index contributed by atoms with van der Waals surface area (Å²) >= 11 is 0. The van der Waals surface area contributed by atoms with Gasteiger partial charge in [-0.1, -0.05) is 62.3 Å². The Balaban J connectivity index is 1.57. The number of benzene rings is 1. The zero-order valence-electron chi connectivity index (χ0n) is 17.0. The van der Waals surface area contributed by atoms with Gasteiger partial charge in [0.05, 0.1) is 5.69 Å². The SMILES string of the molecule is Cc1noc(C2CC2c2ccc(-c3noc(C)c3C(C)C)cc2)c1C(C)C. The Kier molecular flexibility index (Phi) is 4.45. The molecule has 0 saturated heterocycles. The quantitative estimate of drug-likeness (QED) is 0.521. The zero-order chi connectivity index (χ0) is 19.3. The lowest BCUT2D eigenvalue weighted by Crippen LogP contribution is -1.94. The minimum atomic E-state index is 0.392. The van der Waals surface area contributed by atoms with Gasteiger partial charge in [-0.15, -0.1) is 0 Å². The van der Waals surface area contributed by atoms with Crippen molar-refractivity contribution in [2.45, 2.75) is 71.6 Å². The van der Waals surface area contributed by atoms with Crippen LogP contribution in [-0.4, -0.2) is 10.3 Å². The smallest absolute Gasteiger partial charge is 0.144 e. The first-order chi connectivity index (χ1) is 12.9. The van der Waals surface area contributed by atoms with Gasteiger partial charge >= 0.3 is 0 Å². The predicted molar refractivity (Wildman–Crippen MR) is 106 cm³/mol. The molecule has 0 bridgehead atoms. The third kappa shape index (κ3) is 3.11. The molecule has 1 aromatic carbocycles. The molecule has 2 heterocycles. The molecule has 2 atom stereocenters. The molecule has 4 heteroatoms. The molecule has 2 aromatic heterocycles. The number of rotatable bonds is 5. The first kappa shape index (κ1) is 18.0. The Morgan fingerprint density at radius 3 is 2.15 bits per heavy atom. The number of aromatic nitrogens is 2. The number of hydrogen-bond donors (Lipinski definition) is 0.